The zero-order chi connectivity index (χ0) is 16.1. The van der Waals surface area contributed by atoms with Crippen LogP contribution in [0.5, 0.6) is 0 Å². The highest BCUT2D eigenvalue weighted by Gasteiger charge is 2.06. The van der Waals surface area contributed by atoms with Crippen molar-refractivity contribution in [1.29, 1.82) is 10.5 Å². The van der Waals surface area contributed by atoms with Gasteiger partial charge in [-0.1, -0.05) is 12.1 Å². The highest BCUT2D eigenvalue weighted by molar-refractivity contribution is 6.10. The first kappa shape index (κ1) is 14.9. The Balaban J connectivity index is 2.29. The van der Waals surface area contributed by atoms with E-state index in [0.29, 0.717) is 11.4 Å². The number of hydrogen-bond acceptors (Lipinski definition) is 6. The summed E-state index contributed by atoms with van der Waals surface area (Å²) in [5.74, 6) is 0. The molecule has 0 saturated carbocycles. The molecule has 0 atom stereocenters. The maximum atomic E-state index is 11.5. The average molecular weight is 292 g/mol. The van der Waals surface area contributed by atoms with Crippen LogP contribution in [0.15, 0.2) is 40.2 Å². The van der Waals surface area contributed by atoms with Crippen LogP contribution in [0.25, 0.3) is 11.3 Å². The van der Waals surface area contributed by atoms with Crippen LogP contribution < -0.4 is 11.0 Å². The molecule has 108 valence electrons. The van der Waals surface area contributed by atoms with Crippen molar-refractivity contribution in [3.8, 4) is 23.4 Å². The van der Waals surface area contributed by atoms with E-state index in [1.807, 2.05) is 19.1 Å². The first-order valence-corrected chi connectivity index (χ1v) is 6.34. The molecule has 0 amide bonds. The van der Waals surface area contributed by atoms with Crippen LogP contribution in [-0.4, -0.2) is 15.5 Å². The fourth-order valence-corrected chi connectivity index (χ4v) is 1.81. The fraction of sp³-hybridized carbons (Fsp3) is 0.133. The van der Waals surface area contributed by atoms with Gasteiger partial charge in [-0.15, -0.1) is 0 Å². The van der Waals surface area contributed by atoms with Crippen LogP contribution in [-0.2, 0) is 7.05 Å². The van der Waals surface area contributed by atoms with Crippen LogP contribution in [0.3, 0.4) is 0 Å². The van der Waals surface area contributed by atoms with Crippen LogP contribution >= 0.6 is 0 Å². The number of hydrogen-bond donors (Lipinski definition) is 1. The van der Waals surface area contributed by atoms with Crippen molar-refractivity contribution in [3.05, 3.63) is 46.2 Å². The zero-order valence-corrected chi connectivity index (χ0v) is 12.0. The molecule has 0 spiro atoms. The summed E-state index contributed by atoms with van der Waals surface area (Å²) in [4.78, 5) is 11.5. The molecule has 1 aromatic heterocycles. The van der Waals surface area contributed by atoms with Crippen molar-refractivity contribution >= 4 is 11.4 Å². The number of aromatic nitrogens is 2. The number of hydrazone groups is 1. The summed E-state index contributed by atoms with van der Waals surface area (Å²) in [7, 11) is 1.60. The van der Waals surface area contributed by atoms with E-state index in [2.05, 4.69) is 15.6 Å². The minimum atomic E-state index is -0.250. The molecule has 0 fully saturated rings. The smallest absolute Gasteiger partial charge is 0.266 e. The summed E-state index contributed by atoms with van der Waals surface area (Å²) in [5, 5.41) is 25.1. The van der Waals surface area contributed by atoms with Gasteiger partial charge in [0.15, 0.2) is 0 Å². The summed E-state index contributed by atoms with van der Waals surface area (Å²) in [6, 6.07) is 12.0. The van der Waals surface area contributed by atoms with Gasteiger partial charge in [0.05, 0.1) is 11.4 Å². The van der Waals surface area contributed by atoms with E-state index >= 15 is 0 Å². The minimum absolute atomic E-state index is 0.158. The van der Waals surface area contributed by atoms with Crippen molar-refractivity contribution in [2.75, 3.05) is 5.43 Å². The molecule has 1 aromatic carbocycles. The quantitative estimate of drug-likeness (QED) is 0.682. The van der Waals surface area contributed by atoms with Gasteiger partial charge in [0, 0.05) is 18.7 Å². The van der Waals surface area contributed by atoms with Gasteiger partial charge in [-0.05, 0) is 24.6 Å². The standard InChI is InChI=1S/C15H12N6O/c1-10-7-14(22)21(2)20-15(10)11-3-5-12(6-4-11)18-19-13(8-16)9-17/h3-7,18H,1-2H3. The van der Waals surface area contributed by atoms with Gasteiger partial charge in [-0.25, -0.2) is 4.68 Å². The molecule has 2 aromatic rings. The normalized spacial score (nSPS) is 9.45. The average Bonchev–Trinajstić information content (AvgIpc) is 2.52. The summed E-state index contributed by atoms with van der Waals surface area (Å²) < 4.78 is 1.28. The third-order valence-electron chi connectivity index (χ3n) is 2.95. The van der Waals surface area contributed by atoms with Gasteiger partial charge in [-0.2, -0.15) is 20.7 Å². The Morgan fingerprint density at radius 3 is 2.50 bits per heavy atom. The number of anilines is 1. The van der Waals surface area contributed by atoms with Crippen LogP contribution in [0.4, 0.5) is 5.69 Å². The predicted molar refractivity (Wildman–Crippen MR) is 81.9 cm³/mol. The third-order valence-corrected chi connectivity index (χ3v) is 2.95. The maximum Gasteiger partial charge on any atom is 0.266 e. The fourth-order valence-electron chi connectivity index (χ4n) is 1.81. The number of nitrogens with zero attached hydrogens (tertiary/aromatic N) is 5. The first-order chi connectivity index (χ1) is 10.5. The Morgan fingerprint density at radius 1 is 1.27 bits per heavy atom. The van der Waals surface area contributed by atoms with E-state index in [1.54, 1.807) is 31.3 Å². The molecule has 0 aliphatic carbocycles. The van der Waals surface area contributed by atoms with Crippen LogP contribution in [0.1, 0.15) is 5.56 Å². The van der Waals surface area contributed by atoms with E-state index < -0.39 is 0 Å². The largest absolute Gasteiger partial charge is 0.277 e. The minimum Gasteiger partial charge on any atom is -0.277 e. The lowest BCUT2D eigenvalue weighted by molar-refractivity contribution is 0.708. The van der Waals surface area contributed by atoms with E-state index in [-0.39, 0.29) is 11.3 Å². The Hall–Kier alpha value is -3.45. The van der Waals surface area contributed by atoms with Crippen molar-refractivity contribution < 1.29 is 0 Å². The number of benzene rings is 1. The molecule has 22 heavy (non-hydrogen) atoms. The Labute approximate surface area is 126 Å². The van der Waals surface area contributed by atoms with Crippen LogP contribution in [0, 0.1) is 29.6 Å². The van der Waals surface area contributed by atoms with E-state index in [0.717, 1.165) is 11.1 Å². The molecule has 0 bridgehead atoms. The Kier molecular flexibility index (Phi) is 4.30. The van der Waals surface area contributed by atoms with Crippen molar-refractivity contribution in [2.45, 2.75) is 6.92 Å². The lowest BCUT2D eigenvalue weighted by atomic mass is 10.1. The molecular weight excluding hydrogens is 280 g/mol. The monoisotopic (exact) mass is 292 g/mol. The van der Waals surface area contributed by atoms with Gasteiger partial charge in [-0.3, -0.25) is 10.2 Å². The topological polar surface area (TPSA) is 107 Å². The summed E-state index contributed by atoms with van der Waals surface area (Å²) in [6.45, 7) is 1.83. The summed E-state index contributed by atoms with van der Waals surface area (Å²) in [5.41, 5.74) is 5.21. The third kappa shape index (κ3) is 3.17. The molecule has 1 heterocycles. The number of nitriles is 2. The lowest BCUT2D eigenvalue weighted by Gasteiger charge is -2.07. The lowest BCUT2D eigenvalue weighted by Crippen LogP contribution is -2.19. The second-order valence-corrected chi connectivity index (χ2v) is 4.51. The van der Waals surface area contributed by atoms with Crippen molar-refractivity contribution in [3.63, 3.8) is 0 Å². The molecular formula is C15H12N6O. The number of nitrogens with one attached hydrogen (secondary N) is 1. The van der Waals surface area contributed by atoms with Gasteiger partial charge in [0.1, 0.15) is 12.1 Å². The summed E-state index contributed by atoms with van der Waals surface area (Å²) in [6.07, 6.45) is 0. The molecule has 2 rings (SSSR count). The van der Waals surface area contributed by atoms with E-state index in [4.69, 9.17) is 10.5 Å². The van der Waals surface area contributed by atoms with Crippen molar-refractivity contribution in [1.82, 2.24) is 9.78 Å². The predicted octanol–water partition coefficient (Wildman–Crippen LogP) is 1.57. The Bertz CT molecular complexity index is 849. The molecule has 0 saturated heterocycles. The van der Waals surface area contributed by atoms with Crippen molar-refractivity contribution in [2.24, 2.45) is 12.1 Å². The highest BCUT2D eigenvalue weighted by Crippen LogP contribution is 2.21. The SMILES string of the molecule is Cc1cc(=O)n(C)nc1-c1ccc(NN=C(C#N)C#N)cc1. The van der Waals surface area contributed by atoms with Crippen LogP contribution in [0.2, 0.25) is 0 Å². The van der Waals surface area contributed by atoms with Gasteiger partial charge >= 0.3 is 0 Å². The number of aryl methyl sites for hydroxylation is 2. The van der Waals surface area contributed by atoms with E-state index in [9.17, 15) is 4.79 Å². The molecule has 0 aliphatic rings. The molecule has 0 radical (unpaired) electrons. The van der Waals surface area contributed by atoms with Gasteiger partial charge in [0.25, 0.3) is 5.56 Å². The first-order valence-electron chi connectivity index (χ1n) is 6.34. The van der Waals surface area contributed by atoms with Gasteiger partial charge < -0.3 is 0 Å². The maximum absolute atomic E-state index is 11.5. The molecule has 0 aliphatic heterocycles. The molecule has 0 unspecified atom stereocenters. The highest BCUT2D eigenvalue weighted by atomic mass is 16.1. The molecule has 7 nitrogen and oxygen atoms in total. The second-order valence-electron chi connectivity index (χ2n) is 4.51. The Morgan fingerprint density at radius 2 is 1.91 bits per heavy atom. The second kappa shape index (κ2) is 6.33. The molecule has 1 N–H and O–H groups in total. The summed E-state index contributed by atoms with van der Waals surface area (Å²) >= 11 is 0. The number of rotatable bonds is 3. The molecule has 7 heteroatoms. The van der Waals surface area contributed by atoms with Gasteiger partial charge in [0.2, 0.25) is 5.71 Å². The zero-order valence-electron chi connectivity index (χ0n) is 12.0. The van der Waals surface area contributed by atoms with E-state index in [1.165, 1.54) is 10.7 Å².